The Labute approximate surface area is 161 Å². The van der Waals surface area contributed by atoms with Crippen molar-refractivity contribution in [2.24, 2.45) is 5.41 Å². The minimum absolute atomic E-state index is 0.0742. The molecule has 1 spiro atoms. The van der Waals surface area contributed by atoms with Crippen LogP contribution >= 0.6 is 0 Å². The lowest BCUT2D eigenvalue weighted by atomic mass is 9.72. The summed E-state index contributed by atoms with van der Waals surface area (Å²) < 4.78 is 5.75. The number of piperazine rings is 1. The van der Waals surface area contributed by atoms with Crippen LogP contribution < -0.4 is 4.90 Å². The van der Waals surface area contributed by atoms with Crippen molar-refractivity contribution in [3.63, 3.8) is 0 Å². The maximum absolute atomic E-state index is 12.4. The van der Waals surface area contributed by atoms with Crippen LogP contribution in [0.5, 0.6) is 0 Å². The van der Waals surface area contributed by atoms with E-state index in [1.54, 1.807) is 0 Å². The lowest BCUT2D eigenvalue weighted by molar-refractivity contribution is -0.150. The van der Waals surface area contributed by atoms with Crippen molar-refractivity contribution in [1.29, 1.82) is 5.26 Å². The molecule has 1 aromatic rings. The number of para-hydroxylation sites is 1. The Bertz CT molecular complexity index is 713. The van der Waals surface area contributed by atoms with Crippen molar-refractivity contribution >= 4 is 11.7 Å². The van der Waals surface area contributed by atoms with E-state index in [2.05, 4.69) is 15.9 Å². The third-order valence-electron chi connectivity index (χ3n) is 6.64. The fraction of sp³-hybridized carbons (Fsp3) is 0.636. The molecule has 0 radical (unpaired) electrons. The molecule has 4 rings (SSSR count). The maximum Gasteiger partial charge on any atom is 0.312 e. The van der Waals surface area contributed by atoms with Crippen LogP contribution in [0.15, 0.2) is 24.3 Å². The third kappa shape index (κ3) is 3.82. The molecule has 1 aromatic carbocycles. The number of anilines is 1. The van der Waals surface area contributed by atoms with Gasteiger partial charge in [0, 0.05) is 39.1 Å². The molecule has 2 saturated heterocycles. The number of carbonyl (C=O) groups is 1. The summed E-state index contributed by atoms with van der Waals surface area (Å²) in [6.45, 7) is 4.85. The normalized spacial score (nSPS) is 25.4. The SMILES string of the molecule is N#Cc1ccccc1N1CCN(CCC2CC3(CCCCC3)C(=O)O2)CC1. The van der Waals surface area contributed by atoms with Gasteiger partial charge in [0.1, 0.15) is 12.2 Å². The first-order valence-electron chi connectivity index (χ1n) is 10.4. The average Bonchev–Trinajstić information content (AvgIpc) is 3.02. The summed E-state index contributed by atoms with van der Waals surface area (Å²) in [4.78, 5) is 17.2. The van der Waals surface area contributed by atoms with Crippen LogP contribution in [0.25, 0.3) is 0 Å². The summed E-state index contributed by atoms with van der Waals surface area (Å²) in [7, 11) is 0. The van der Waals surface area contributed by atoms with Crippen molar-refractivity contribution in [3.05, 3.63) is 29.8 Å². The first kappa shape index (κ1) is 18.3. The van der Waals surface area contributed by atoms with Crippen LogP contribution in [0.3, 0.4) is 0 Å². The van der Waals surface area contributed by atoms with Gasteiger partial charge in [-0.2, -0.15) is 5.26 Å². The van der Waals surface area contributed by atoms with Gasteiger partial charge in [0.25, 0.3) is 0 Å². The maximum atomic E-state index is 12.4. The second-order valence-corrected chi connectivity index (χ2v) is 8.32. The molecule has 1 aliphatic carbocycles. The number of hydrogen-bond acceptors (Lipinski definition) is 5. The number of benzene rings is 1. The van der Waals surface area contributed by atoms with Crippen LogP contribution in [-0.2, 0) is 9.53 Å². The Balaban J connectivity index is 1.26. The van der Waals surface area contributed by atoms with E-state index in [1.165, 1.54) is 19.3 Å². The quantitative estimate of drug-likeness (QED) is 0.764. The summed E-state index contributed by atoms with van der Waals surface area (Å²) in [5.74, 6) is 0.0742. The number of carbonyl (C=O) groups excluding carboxylic acids is 1. The molecule has 0 amide bonds. The van der Waals surface area contributed by atoms with E-state index < -0.39 is 0 Å². The zero-order valence-corrected chi connectivity index (χ0v) is 16.0. The molecule has 1 saturated carbocycles. The van der Waals surface area contributed by atoms with Crippen molar-refractivity contribution in [2.75, 3.05) is 37.6 Å². The third-order valence-corrected chi connectivity index (χ3v) is 6.64. The Morgan fingerprint density at radius 2 is 1.85 bits per heavy atom. The molecule has 0 N–H and O–H groups in total. The van der Waals surface area contributed by atoms with E-state index in [-0.39, 0.29) is 17.5 Å². The van der Waals surface area contributed by atoms with Crippen molar-refractivity contribution < 1.29 is 9.53 Å². The van der Waals surface area contributed by atoms with Gasteiger partial charge in [0.2, 0.25) is 0 Å². The van der Waals surface area contributed by atoms with E-state index >= 15 is 0 Å². The molecule has 3 aliphatic rings. The highest BCUT2D eigenvalue weighted by molar-refractivity contribution is 5.79. The second-order valence-electron chi connectivity index (χ2n) is 8.32. The van der Waals surface area contributed by atoms with Crippen LogP contribution in [0.4, 0.5) is 5.69 Å². The molecule has 2 aliphatic heterocycles. The highest BCUT2D eigenvalue weighted by Gasteiger charge is 2.48. The predicted molar refractivity (Wildman–Crippen MR) is 104 cm³/mol. The van der Waals surface area contributed by atoms with Gasteiger partial charge in [-0.1, -0.05) is 31.4 Å². The monoisotopic (exact) mass is 367 g/mol. The largest absolute Gasteiger partial charge is 0.462 e. The molecular formula is C22H29N3O2. The van der Waals surface area contributed by atoms with E-state index in [1.807, 2.05) is 24.3 Å². The van der Waals surface area contributed by atoms with E-state index in [9.17, 15) is 10.1 Å². The van der Waals surface area contributed by atoms with E-state index in [0.29, 0.717) is 0 Å². The number of ether oxygens (including phenoxy) is 1. The lowest BCUT2D eigenvalue weighted by Gasteiger charge is -2.36. The van der Waals surface area contributed by atoms with Gasteiger partial charge in [-0.3, -0.25) is 9.69 Å². The lowest BCUT2D eigenvalue weighted by Crippen LogP contribution is -2.47. The highest BCUT2D eigenvalue weighted by atomic mass is 16.6. The molecular weight excluding hydrogens is 338 g/mol. The van der Waals surface area contributed by atoms with Gasteiger partial charge in [-0.25, -0.2) is 0 Å². The first-order valence-corrected chi connectivity index (χ1v) is 10.4. The summed E-state index contributed by atoms with van der Waals surface area (Å²) >= 11 is 0. The zero-order chi connectivity index (χ0) is 18.7. The molecule has 27 heavy (non-hydrogen) atoms. The molecule has 0 bridgehead atoms. The molecule has 144 valence electrons. The number of nitriles is 1. The number of esters is 1. The van der Waals surface area contributed by atoms with Crippen LogP contribution in [0.2, 0.25) is 0 Å². The smallest absolute Gasteiger partial charge is 0.312 e. The van der Waals surface area contributed by atoms with Gasteiger partial charge in [-0.05, 0) is 31.4 Å². The Hall–Kier alpha value is -2.06. The van der Waals surface area contributed by atoms with Crippen molar-refractivity contribution in [3.8, 4) is 6.07 Å². The summed E-state index contributed by atoms with van der Waals surface area (Å²) in [6, 6.07) is 10.1. The summed E-state index contributed by atoms with van der Waals surface area (Å²) in [5.41, 5.74) is 1.65. The number of nitrogens with zero attached hydrogens (tertiary/aromatic N) is 3. The molecule has 2 heterocycles. The Morgan fingerprint density at radius 1 is 1.11 bits per heavy atom. The van der Waals surface area contributed by atoms with E-state index in [0.717, 1.165) is 69.7 Å². The van der Waals surface area contributed by atoms with E-state index in [4.69, 9.17) is 4.74 Å². The molecule has 0 aromatic heterocycles. The minimum Gasteiger partial charge on any atom is -0.462 e. The predicted octanol–water partition coefficient (Wildman–Crippen LogP) is 3.34. The van der Waals surface area contributed by atoms with Gasteiger partial charge in [0.05, 0.1) is 16.7 Å². The fourth-order valence-corrected chi connectivity index (χ4v) is 5.02. The second kappa shape index (κ2) is 7.90. The van der Waals surface area contributed by atoms with Gasteiger partial charge >= 0.3 is 5.97 Å². The highest BCUT2D eigenvalue weighted by Crippen LogP contribution is 2.46. The van der Waals surface area contributed by atoms with Gasteiger partial charge in [-0.15, -0.1) is 0 Å². The first-order chi connectivity index (χ1) is 13.2. The molecule has 5 nitrogen and oxygen atoms in total. The van der Waals surface area contributed by atoms with Crippen LogP contribution in [-0.4, -0.2) is 49.7 Å². The standard InChI is InChI=1S/C22H29N3O2/c23-17-18-6-2-3-7-20(18)25-14-12-24(13-15-25)11-8-19-16-22(21(26)27-19)9-4-1-5-10-22/h2-3,6-7,19H,1,4-5,8-16H2. The van der Waals surface area contributed by atoms with Crippen molar-refractivity contribution in [1.82, 2.24) is 4.90 Å². The average molecular weight is 367 g/mol. The molecule has 3 fully saturated rings. The van der Waals surface area contributed by atoms with Crippen LogP contribution in [0.1, 0.15) is 50.5 Å². The number of cyclic esters (lactones) is 1. The minimum atomic E-state index is -0.150. The Kier molecular flexibility index (Phi) is 5.36. The van der Waals surface area contributed by atoms with Gasteiger partial charge in [0.15, 0.2) is 0 Å². The Morgan fingerprint density at radius 3 is 2.59 bits per heavy atom. The summed E-state index contributed by atoms with van der Waals surface area (Å²) in [5, 5.41) is 9.30. The fourth-order valence-electron chi connectivity index (χ4n) is 5.02. The van der Waals surface area contributed by atoms with Gasteiger partial charge < -0.3 is 9.64 Å². The van der Waals surface area contributed by atoms with Crippen LogP contribution in [0, 0.1) is 16.7 Å². The molecule has 1 unspecified atom stereocenters. The van der Waals surface area contributed by atoms with Crippen molar-refractivity contribution in [2.45, 2.75) is 51.0 Å². The summed E-state index contributed by atoms with van der Waals surface area (Å²) in [6.07, 6.45) is 7.65. The number of hydrogen-bond donors (Lipinski definition) is 0. The molecule has 5 heteroatoms. The zero-order valence-electron chi connectivity index (χ0n) is 16.0. The molecule has 1 atom stereocenters. The topological polar surface area (TPSA) is 56.6 Å². The number of rotatable bonds is 4.